The van der Waals surface area contributed by atoms with Crippen molar-refractivity contribution in [3.05, 3.63) is 87.6 Å². The van der Waals surface area contributed by atoms with Gasteiger partial charge in [-0.05, 0) is 54.1 Å². The van der Waals surface area contributed by atoms with Gasteiger partial charge in [0.05, 0.1) is 26.0 Å². The van der Waals surface area contributed by atoms with Gasteiger partial charge in [-0.3, -0.25) is 0 Å². The van der Waals surface area contributed by atoms with Crippen LogP contribution in [0.1, 0.15) is 35.4 Å². The molecule has 2 atom stereocenters. The van der Waals surface area contributed by atoms with Crippen LogP contribution in [0.5, 0.6) is 17.2 Å². The molecule has 0 fully saturated rings. The summed E-state index contributed by atoms with van der Waals surface area (Å²) in [7, 11) is 3.22. The van der Waals surface area contributed by atoms with Crippen molar-refractivity contribution in [3.8, 4) is 17.2 Å². The Bertz CT molecular complexity index is 1170. The number of hydrogen-bond acceptors (Lipinski definition) is 5. The van der Waals surface area contributed by atoms with Crippen molar-refractivity contribution in [3.63, 3.8) is 0 Å². The molecule has 0 unspecified atom stereocenters. The lowest BCUT2D eigenvalue weighted by Crippen LogP contribution is -2.33. The SMILES string of the molecule is COc1ccc([C@@H]2Oc3ccc(Br)cc3[C@@H]3CC(c4ccc(F)cc4)=NN32)cc1OC. The predicted molar refractivity (Wildman–Crippen MR) is 119 cm³/mol. The summed E-state index contributed by atoms with van der Waals surface area (Å²) in [6.07, 6.45) is 0.263. The van der Waals surface area contributed by atoms with E-state index in [4.69, 9.17) is 19.3 Å². The largest absolute Gasteiger partial charge is 0.493 e. The molecule has 0 N–H and O–H groups in total. The summed E-state index contributed by atoms with van der Waals surface area (Å²) >= 11 is 3.57. The molecule has 0 amide bonds. The first kappa shape index (κ1) is 19.9. The molecule has 0 spiro atoms. The van der Waals surface area contributed by atoms with Gasteiger partial charge in [-0.15, -0.1) is 0 Å². The van der Waals surface area contributed by atoms with Crippen LogP contribution >= 0.6 is 15.9 Å². The van der Waals surface area contributed by atoms with Crippen molar-refractivity contribution in [2.24, 2.45) is 5.10 Å². The molecule has 0 aliphatic carbocycles. The van der Waals surface area contributed by atoms with Crippen LogP contribution in [0.2, 0.25) is 0 Å². The van der Waals surface area contributed by atoms with E-state index in [1.54, 1.807) is 26.4 Å². The second-order valence-corrected chi connectivity index (χ2v) is 8.34. The molecule has 5 nitrogen and oxygen atoms in total. The fourth-order valence-electron chi connectivity index (χ4n) is 4.10. The van der Waals surface area contributed by atoms with Crippen LogP contribution in [0.15, 0.2) is 70.2 Å². The van der Waals surface area contributed by atoms with E-state index < -0.39 is 6.23 Å². The van der Waals surface area contributed by atoms with Crippen molar-refractivity contribution in [2.45, 2.75) is 18.7 Å². The first-order valence-corrected chi connectivity index (χ1v) is 10.7. The van der Waals surface area contributed by atoms with Crippen molar-refractivity contribution in [2.75, 3.05) is 14.2 Å². The number of rotatable bonds is 4. The maximum Gasteiger partial charge on any atom is 0.214 e. The summed E-state index contributed by atoms with van der Waals surface area (Å²) in [5.74, 6) is 1.84. The summed E-state index contributed by atoms with van der Waals surface area (Å²) in [5, 5.41) is 6.89. The third-order valence-corrected chi connectivity index (χ3v) is 6.12. The number of halogens is 2. The minimum atomic E-state index is -0.434. The summed E-state index contributed by atoms with van der Waals surface area (Å²) in [4.78, 5) is 0. The molecule has 3 aromatic carbocycles. The van der Waals surface area contributed by atoms with Crippen LogP contribution < -0.4 is 14.2 Å². The van der Waals surface area contributed by atoms with E-state index in [-0.39, 0.29) is 11.9 Å². The first-order chi connectivity index (χ1) is 15.1. The normalized spacial score (nSPS) is 19.2. The van der Waals surface area contributed by atoms with Crippen molar-refractivity contribution in [1.29, 1.82) is 0 Å². The minimum absolute atomic E-state index is 0.000556. The van der Waals surface area contributed by atoms with E-state index in [1.807, 2.05) is 35.3 Å². The van der Waals surface area contributed by atoms with Gasteiger partial charge < -0.3 is 14.2 Å². The van der Waals surface area contributed by atoms with E-state index >= 15 is 0 Å². The topological polar surface area (TPSA) is 43.3 Å². The molecular weight excluding hydrogens is 463 g/mol. The Morgan fingerprint density at radius 1 is 1.00 bits per heavy atom. The molecule has 3 aromatic rings. The van der Waals surface area contributed by atoms with Crippen LogP contribution in [0.4, 0.5) is 4.39 Å². The van der Waals surface area contributed by atoms with Gasteiger partial charge in [0, 0.05) is 22.0 Å². The predicted octanol–water partition coefficient (Wildman–Crippen LogP) is 5.85. The number of methoxy groups -OCH3 is 2. The van der Waals surface area contributed by atoms with E-state index in [2.05, 4.69) is 22.0 Å². The lowest BCUT2D eigenvalue weighted by atomic mass is 9.96. The number of ether oxygens (including phenoxy) is 3. The second kappa shape index (κ2) is 7.89. The molecule has 5 rings (SSSR count). The Morgan fingerprint density at radius 3 is 2.52 bits per heavy atom. The monoisotopic (exact) mass is 482 g/mol. The van der Waals surface area contributed by atoms with E-state index in [0.717, 1.165) is 32.6 Å². The van der Waals surface area contributed by atoms with Gasteiger partial charge in [-0.2, -0.15) is 5.10 Å². The molecule has 0 bridgehead atoms. The Morgan fingerprint density at radius 2 is 1.77 bits per heavy atom. The molecule has 158 valence electrons. The number of nitrogens with zero attached hydrogens (tertiary/aromatic N) is 2. The van der Waals surface area contributed by atoms with Crippen LogP contribution in [0, 0.1) is 5.82 Å². The van der Waals surface area contributed by atoms with Gasteiger partial charge in [0.1, 0.15) is 11.6 Å². The number of hydrogen-bond donors (Lipinski definition) is 0. The van der Waals surface area contributed by atoms with Crippen LogP contribution in [0.25, 0.3) is 0 Å². The Kier molecular flexibility index (Phi) is 5.06. The average molecular weight is 483 g/mol. The molecule has 7 heteroatoms. The van der Waals surface area contributed by atoms with Crippen LogP contribution in [0.3, 0.4) is 0 Å². The van der Waals surface area contributed by atoms with E-state index in [1.165, 1.54) is 12.1 Å². The van der Waals surface area contributed by atoms with Gasteiger partial charge >= 0.3 is 0 Å². The Labute approximate surface area is 188 Å². The summed E-state index contributed by atoms with van der Waals surface area (Å²) in [5.41, 5.74) is 3.76. The molecular formula is C24H20BrFN2O3. The van der Waals surface area contributed by atoms with Crippen LogP contribution in [-0.4, -0.2) is 24.9 Å². The van der Waals surface area contributed by atoms with Gasteiger partial charge in [0.15, 0.2) is 11.5 Å². The summed E-state index contributed by atoms with van der Waals surface area (Å²) < 4.78 is 31.7. The van der Waals surface area contributed by atoms with Gasteiger partial charge in [0.2, 0.25) is 6.23 Å². The van der Waals surface area contributed by atoms with Gasteiger partial charge in [-0.25, -0.2) is 9.40 Å². The van der Waals surface area contributed by atoms with Gasteiger partial charge in [-0.1, -0.05) is 28.1 Å². The minimum Gasteiger partial charge on any atom is -0.493 e. The number of fused-ring (bicyclic) bond motifs is 3. The lowest BCUT2D eigenvalue weighted by molar-refractivity contribution is -0.0192. The fraction of sp³-hybridized carbons (Fsp3) is 0.208. The highest BCUT2D eigenvalue weighted by Crippen LogP contribution is 2.48. The quantitative estimate of drug-likeness (QED) is 0.467. The van der Waals surface area contributed by atoms with Crippen molar-refractivity contribution in [1.82, 2.24) is 5.01 Å². The highest BCUT2D eigenvalue weighted by Gasteiger charge is 2.41. The highest BCUT2D eigenvalue weighted by molar-refractivity contribution is 9.10. The summed E-state index contributed by atoms with van der Waals surface area (Å²) in [6.45, 7) is 0. The van der Waals surface area contributed by atoms with E-state index in [9.17, 15) is 4.39 Å². The third-order valence-electron chi connectivity index (χ3n) is 5.62. The number of hydrazone groups is 1. The zero-order valence-corrected chi connectivity index (χ0v) is 18.6. The summed E-state index contributed by atoms with van der Waals surface area (Å²) in [6, 6.07) is 18.2. The molecule has 31 heavy (non-hydrogen) atoms. The van der Waals surface area contributed by atoms with Gasteiger partial charge in [0.25, 0.3) is 0 Å². The molecule has 2 aliphatic heterocycles. The standard InChI is InChI=1S/C24H20BrFN2O3/c1-29-22-9-5-15(11-23(22)30-2)24-28-20(18-12-16(25)6-10-21(18)31-24)13-19(27-28)14-3-7-17(26)8-4-14/h3-12,20,24H,13H2,1-2H3/t20-,24-/m0/s1. The second-order valence-electron chi connectivity index (χ2n) is 7.42. The van der Waals surface area contributed by atoms with Crippen molar-refractivity contribution < 1.29 is 18.6 Å². The lowest BCUT2D eigenvalue weighted by Gasteiger charge is -2.38. The Hall–Kier alpha value is -3.06. The zero-order chi connectivity index (χ0) is 21.5. The molecule has 0 aromatic heterocycles. The smallest absolute Gasteiger partial charge is 0.214 e. The van der Waals surface area contributed by atoms with E-state index in [0.29, 0.717) is 17.9 Å². The maximum atomic E-state index is 13.4. The molecule has 0 radical (unpaired) electrons. The fourth-order valence-corrected chi connectivity index (χ4v) is 4.48. The zero-order valence-electron chi connectivity index (χ0n) is 17.0. The third kappa shape index (κ3) is 3.53. The van der Waals surface area contributed by atoms with Crippen molar-refractivity contribution >= 4 is 21.6 Å². The number of benzene rings is 3. The Balaban J connectivity index is 1.60. The van der Waals surface area contributed by atoms with Crippen LogP contribution in [-0.2, 0) is 0 Å². The first-order valence-electron chi connectivity index (χ1n) is 9.87. The molecule has 0 saturated heterocycles. The molecule has 0 saturated carbocycles. The molecule has 2 heterocycles. The molecule has 2 aliphatic rings. The highest BCUT2D eigenvalue weighted by atomic mass is 79.9. The average Bonchev–Trinajstić information content (AvgIpc) is 3.24. The maximum absolute atomic E-state index is 13.4.